The average Bonchev–Trinajstić information content (AvgIpc) is 3.05. The molecule has 0 saturated heterocycles. The van der Waals surface area contributed by atoms with Crippen LogP contribution in [0.5, 0.6) is 0 Å². The fourth-order valence-electron chi connectivity index (χ4n) is 4.06. The first-order valence-corrected chi connectivity index (χ1v) is 9.20. The standard InChI is InChI=1S/C18H34N4O/c1-5-19-17(21-12-16(23)22-18(2,3)4)20-9-8-15-11-13-6-7-14(15)10-13/h13-15H,5-12H2,1-4H3,(H,22,23)(H2,19,20,21). The molecule has 2 aliphatic carbocycles. The fraction of sp³-hybridized carbons (Fsp3) is 0.889. The molecule has 0 aromatic rings. The van der Waals surface area contributed by atoms with E-state index in [0.29, 0.717) is 0 Å². The zero-order valence-corrected chi connectivity index (χ0v) is 15.2. The van der Waals surface area contributed by atoms with Gasteiger partial charge in [-0.2, -0.15) is 0 Å². The Kier molecular flexibility index (Phi) is 6.31. The van der Waals surface area contributed by atoms with E-state index in [2.05, 4.69) is 20.9 Å². The maximum Gasteiger partial charge on any atom is 0.242 e. The van der Waals surface area contributed by atoms with Crippen LogP contribution >= 0.6 is 0 Å². The van der Waals surface area contributed by atoms with Gasteiger partial charge in [-0.05, 0) is 71.1 Å². The number of fused-ring (bicyclic) bond motifs is 2. The van der Waals surface area contributed by atoms with E-state index in [9.17, 15) is 4.79 Å². The van der Waals surface area contributed by atoms with Crippen molar-refractivity contribution in [1.82, 2.24) is 16.0 Å². The van der Waals surface area contributed by atoms with E-state index in [0.717, 1.165) is 36.8 Å². The van der Waals surface area contributed by atoms with E-state index in [-0.39, 0.29) is 18.0 Å². The van der Waals surface area contributed by atoms with E-state index >= 15 is 0 Å². The van der Waals surface area contributed by atoms with E-state index in [1.165, 1.54) is 32.1 Å². The smallest absolute Gasteiger partial charge is 0.242 e. The van der Waals surface area contributed by atoms with Gasteiger partial charge in [-0.25, -0.2) is 4.99 Å². The third-order valence-corrected chi connectivity index (χ3v) is 4.93. The monoisotopic (exact) mass is 322 g/mol. The largest absolute Gasteiger partial charge is 0.357 e. The molecular weight excluding hydrogens is 288 g/mol. The van der Waals surface area contributed by atoms with Crippen molar-refractivity contribution in [3.63, 3.8) is 0 Å². The van der Waals surface area contributed by atoms with Crippen molar-refractivity contribution in [2.75, 3.05) is 19.6 Å². The fourth-order valence-corrected chi connectivity index (χ4v) is 4.06. The van der Waals surface area contributed by atoms with Gasteiger partial charge in [0.25, 0.3) is 0 Å². The van der Waals surface area contributed by atoms with E-state index in [1.54, 1.807) is 0 Å². The third kappa shape index (κ3) is 6.04. The molecule has 5 heteroatoms. The summed E-state index contributed by atoms with van der Waals surface area (Å²) in [5.74, 6) is 3.59. The molecule has 0 heterocycles. The Morgan fingerprint density at radius 2 is 1.96 bits per heavy atom. The lowest BCUT2D eigenvalue weighted by atomic mass is 9.86. The summed E-state index contributed by atoms with van der Waals surface area (Å²) >= 11 is 0. The zero-order valence-electron chi connectivity index (χ0n) is 15.2. The molecule has 2 bridgehead atoms. The number of carbonyl (C=O) groups excluding carboxylic acids is 1. The van der Waals surface area contributed by atoms with Gasteiger partial charge < -0.3 is 16.0 Å². The van der Waals surface area contributed by atoms with Crippen molar-refractivity contribution in [2.24, 2.45) is 22.7 Å². The van der Waals surface area contributed by atoms with Crippen LogP contribution in [0.25, 0.3) is 0 Å². The molecule has 132 valence electrons. The zero-order chi connectivity index (χ0) is 16.9. The minimum atomic E-state index is -0.208. The van der Waals surface area contributed by atoms with Gasteiger partial charge in [-0.15, -0.1) is 0 Å². The van der Waals surface area contributed by atoms with E-state index in [4.69, 9.17) is 0 Å². The van der Waals surface area contributed by atoms with Crippen LogP contribution in [0.15, 0.2) is 4.99 Å². The molecule has 0 aliphatic heterocycles. The highest BCUT2D eigenvalue weighted by Crippen LogP contribution is 2.49. The number of aliphatic imine (C=N–C) groups is 1. The van der Waals surface area contributed by atoms with Gasteiger partial charge in [0.2, 0.25) is 5.91 Å². The van der Waals surface area contributed by atoms with Gasteiger partial charge in [-0.1, -0.05) is 6.42 Å². The third-order valence-electron chi connectivity index (χ3n) is 4.93. The molecule has 3 atom stereocenters. The molecule has 1 amide bonds. The molecule has 0 spiro atoms. The molecule has 2 saturated carbocycles. The second kappa shape index (κ2) is 8.02. The summed E-state index contributed by atoms with van der Waals surface area (Å²) in [4.78, 5) is 16.3. The number of carbonyl (C=O) groups is 1. The van der Waals surface area contributed by atoms with Crippen molar-refractivity contribution >= 4 is 11.9 Å². The molecule has 0 aromatic heterocycles. The van der Waals surface area contributed by atoms with Crippen LogP contribution in [0, 0.1) is 17.8 Å². The summed E-state index contributed by atoms with van der Waals surface area (Å²) in [7, 11) is 0. The van der Waals surface area contributed by atoms with Crippen molar-refractivity contribution in [1.29, 1.82) is 0 Å². The summed E-state index contributed by atoms with van der Waals surface area (Å²) in [5.41, 5.74) is -0.208. The minimum Gasteiger partial charge on any atom is -0.357 e. The van der Waals surface area contributed by atoms with Crippen LogP contribution in [0.4, 0.5) is 0 Å². The molecule has 2 fully saturated rings. The van der Waals surface area contributed by atoms with Crippen molar-refractivity contribution in [2.45, 2.75) is 65.3 Å². The second-order valence-electron chi connectivity index (χ2n) is 8.14. The molecule has 2 rings (SSSR count). The summed E-state index contributed by atoms with van der Waals surface area (Å²) in [6.45, 7) is 9.90. The van der Waals surface area contributed by atoms with Gasteiger partial charge in [0.1, 0.15) is 6.54 Å². The Hall–Kier alpha value is -1.26. The Bertz CT molecular complexity index is 427. The number of amides is 1. The van der Waals surface area contributed by atoms with Gasteiger partial charge in [-0.3, -0.25) is 4.79 Å². The van der Waals surface area contributed by atoms with Crippen molar-refractivity contribution < 1.29 is 4.79 Å². The lowest BCUT2D eigenvalue weighted by Crippen LogP contribution is -2.43. The van der Waals surface area contributed by atoms with Crippen LogP contribution < -0.4 is 16.0 Å². The summed E-state index contributed by atoms with van der Waals surface area (Å²) < 4.78 is 0. The molecule has 3 N–H and O–H groups in total. The molecule has 3 unspecified atom stereocenters. The lowest BCUT2D eigenvalue weighted by molar-refractivity contribution is -0.121. The maximum absolute atomic E-state index is 11.9. The normalized spacial score (nSPS) is 27.1. The van der Waals surface area contributed by atoms with Crippen molar-refractivity contribution in [3.05, 3.63) is 0 Å². The first kappa shape index (κ1) is 18.1. The Labute approximate surface area is 141 Å². The highest BCUT2D eigenvalue weighted by atomic mass is 16.2. The SMILES string of the molecule is CCNC(=NCC(=O)NC(C)(C)C)NCCC1CC2CCC1C2. The summed E-state index contributed by atoms with van der Waals surface area (Å²) in [5, 5.41) is 9.54. The van der Waals surface area contributed by atoms with Gasteiger partial charge in [0.05, 0.1) is 0 Å². The topological polar surface area (TPSA) is 65.5 Å². The van der Waals surface area contributed by atoms with Crippen LogP contribution in [0.1, 0.15) is 59.8 Å². The number of hydrogen-bond donors (Lipinski definition) is 3. The average molecular weight is 322 g/mol. The van der Waals surface area contributed by atoms with Gasteiger partial charge in [0.15, 0.2) is 5.96 Å². The predicted molar refractivity (Wildman–Crippen MR) is 95.4 cm³/mol. The van der Waals surface area contributed by atoms with Crippen molar-refractivity contribution in [3.8, 4) is 0 Å². The van der Waals surface area contributed by atoms with Crippen LogP contribution in [0.2, 0.25) is 0 Å². The Morgan fingerprint density at radius 1 is 1.17 bits per heavy atom. The highest BCUT2D eigenvalue weighted by Gasteiger charge is 2.38. The van der Waals surface area contributed by atoms with E-state index < -0.39 is 0 Å². The molecule has 0 radical (unpaired) electrons. The molecule has 5 nitrogen and oxygen atoms in total. The molecule has 0 aromatic carbocycles. The molecule has 2 aliphatic rings. The van der Waals surface area contributed by atoms with Gasteiger partial charge >= 0.3 is 0 Å². The minimum absolute atomic E-state index is 0.0391. The lowest BCUT2D eigenvalue weighted by Gasteiger charge is -2.22. The second-order valence-corrected chi connectivity index (χ2v) is 8.14. The Balaban J connectivity index is 1.72. The number of guanidine groups is 1. The number of nitrogens with one attached hydrogen (secondary N) is 3. The number of hydrogen-bond acceptors (Lipinski definition) is 2. The summed E-state index contributed by atoms with van der Waals surface area (Å²) in [6.07, 6.45) is 7.01. The van der Waals surface area contributed by atoms with Gasteiger partial charge in [0, 0.05) is 18.6 Å². The van der Waals surface area contributed by atoms with Crippen LogP contribution in [-0.2, 0) is 4.79 Å². The van der Waals surface area contributed by atoms with E-state index in [1.807, 2.05) is 27.7 Å². The van der Waals surface area contributed by atoms with Crippen LogP contribution in [-0.4, -0.2) is 37.0 Å². The maximum atomic E-state index is 11.9. The molecular formula is C18H34N4O. The predicted octanol–water partition coefficient (Wildman–Crippen LogP) is 2.28. The number of rotatable bonds is 6. The highest BCUT2D eigenvalue weighted by molar-refractivity contribution is 5.85. The molecule has 23 heavy (non-hydrogen) atoms. The Morgan fingerprint density at radius 3 is 2.52 bits per heavy atom. The van der Waals surface area contributed by atoms with Crippen LogP contribution in [0.3, 0.4) is 0 Å². The first-order valence-electron chi connectivity index (χ1n) is 9.20. The number of nitrogens with zero attached hydrogens (tertiary/aromatic N) is 1. The quantitative estimate of drug-likeness (QED) is 0.519. The first-order chi connectivity index (χ1) is 10.9. The summed E-state index contributed by atoms with van der Waals surface area (Å²) in [6, 6.07) is 0.